The van der Waals surface area contributed by atoms with E-state index in [4.69, 9.17) is 13.9 Å². The number of hydrogen-bond acceptors (Lipinski definition) is 5. The zero-order valence-electron chi connectivity index (χ0n) is 17.8. The fourth-order valence-corrected chi connectivity index (χ4v) is 3.77. The molecule has 1 aliphatic carbocycles. The van der Waals surface area contributed by atoms with Crippen molar-refractivity contribution in [3.05, 3.63) is 53.8 Å². The topological polar surface area (TPSA) is 81.0 Å². The smallest absolute Gasteiger partial charge is 0.413 e. The molecule has 1 heterocycles. The number of nitrogens with zero attached hydrogens (tertiary/aromatic N) is 1. The van der Waals surface area contributed by atoms with E-state index in [0.717, 1.165) is 36.0 Å². The zero-order chi connectivity index (χ0) is 21.8. The van der Waals surface area contributed by atoms with Gasteiger partial charge >= 0.3 is 6.09 Å². The second kappa shape index (κ2) is 9.12. The van der Waals surface area contributed by atoms with Gasteiger partial charge in [0.2, 0.25) is 0 Å². The molecule has 2 aromatic carbocycles. The molecule has 0 saturated carbocycles. The maximum atomic E-state index is 12.3. The van der Waals surface area contributed by atoms with E-state index in [1.54, 1.807) is 38.2 Å². The Morgan fingerprint density at radius 2 is 1.87 bits per heavy atom. The summed E-state index contributed by atoms with van der Waals surface area (Å²) in [6.45, 7) is 1.97. The minimum atomic E-state index is -0.427. The molecule has 0 atom stereocenters. The van der Waals surface area contributed by atoms with Crippen LogP contribution in [0.25, 0.3) is 11.0 Å². The van der Waals surface area contributed by atoms with Crippen molar-refractivity contribution in [2.24, 2.45) is 0 Å². The van der Waals surface area contributed by atoms with Crippen LogP contribution in [0.3, 0.4) is 0 Å². The molecule has 2 amide bonds. The van der Waals surface area contributed by atoms with Crippen molar-refractivity contribution in [2.75, 3.05) is 30.5 Å². The third-order valence-corrected chi connectivity index (χ3v) is 5.38. The van der Waals surface area contributed by atoms with Crippen LogP contribution >= 0.6 is 0 Å². The van der Waals surface area contributed by atoms with E-state index >= 15 is 0 Å². The Kier molecular flexibility index (Phi) is 6.11. The molecule has 0 unspecified atom stereocenters. The van der Waals surface area contributed by atoms with Crippen LogP contribution in [0.5, 0.6) is 5.75 Å². The van der Waals surface area contributed by atoms with E-state index in [0.29, 0.717) is 23.7 Å². The summed E-state index contributed by atoms with van der Waals surface area (Å²) in [5.41, 5.74) is 3.43. The fourth-order valence-electron chi connectivity index (χ4n) is 3.77. The van der Waals surface area contributed by atoms with Gasteiger partial charge in [-0.25, -0.2) is 4.79 Å². The van der Waals surface area contributed by atoms with Crippen LogP contribution < -0.4 is 15.0 Å². The molecule has 3 aromatic rings. The maximum absolute atomic E-state index is 12.3. The summed E-state index contributed by atoms with van der Waals surface area (Å²) in [6.07, 6.45) is 3.91. The number of amides is 2. The molecule has 0 aliphatic heterocycles. The van der Waals surface area contributed by atoms with Gasteiger partial charge in [0.1, 0.15) is 17.1 Å². The number of furan rings is 1. The number of carbonyl (C=O) groups is 2. The van der Waals surface area contributed by atoms with Crippen LogP contribution in [-0.2, 0) is 22.4 Å². The third kappa shape index (κ3) is 4.66. The van der Waals surface area contributed by atoms with E-state index in [2.05, 4.69) is 5.32 Å². The number of carbonyl (C=O) groups excluding carboxylic acids is 2. The van der Waals surface area contributed by atoms with Gasteiger partial charge in [-0.05, 0) is 68.7 Å². The number of anilines is 2. The molecule has 162 valence electrons. The molecule has 1 aliphatic rings. The SMILES string of the molecule is CCOC(=O)N(C)c1ccc(NC(=O)COc2ccc3oc4c(c3c2)CCCC4)cc1. The highest BCUT2D eigenvalue weighted by Gasteiger charge is 2.18. The minimum absolute atomic E-state index is 0.101. The lowest BCUT2D eigenvalue weighted by molar-refractivity contribution is -0.118. The van der Waals surface area contributed by atoms with Gasteiger partial charge in [-0.2, -0.15) is 0 Å². The molecular weight excluding hydrogens is 396 g/mol. The van der Waals surface area contributed by atoms with Gasteiger partial charge in [-0.3, -0.25) is 9.69 Å². The van der Waals surface area contributed by atoms with Crippen molar-refractivity contribution in [1.29, 1.82) is 0 Å². The van der Waals surface area contributed by atoms with Crippen molar-refractivity contribution in [1.82, 2.24) is 0 Å². The fraction of sp³-hybridized carbons (Fsp3) is 0.333. The van der Waals surface area contributed by atoms with Crippen molar-refractivity contribution < 1.29 is 23.5 Å². The summed E-state index contributed by atoms with van der Waals surface area (Å²) < 4.78 is 16.6. The van der Waals surface area contributed by atoms with E-state index in [-0.39, 0.29) is 12.5 Å². The lowest BCUT2D eigenvalue weighted by atomic mass is 9.96. The predicted molar refractivity (Wildman–Crippen MR) is 119 cm³/mol. The van der Waals surface area contributed by atoms with Gasteiger partial charge in [0.15, 0.2) is 6.61 Å². The van der Waals surface area contributed by atoms with Crippen LogP contribution in [0.2, 0.25) is 0 Å². The number of rotatable bonds is 6. The molecule has 1 N–H and O–H groups in total. The lowest BCUT2D eigenvalue weighted by Crippen LogP contribution is -2.27. The number of hydrogen-bond donors (Lipinski definition) is 1. The van der Waals surface area contributed by atoms with Crippen LogP contribution in [0, 0.1) is 0 Å². The number of nitrogens with one attached hydrogen (secondary N) is 1. The first-order chi connectivity index (χ1) is 15.0. The molecule has 7 heteroatoms. The Morgan fingerprint density at radius 1 is 1.10 bits per heavy atom. The van der Waals surface area contributed by atoms with Crippen molar-refractivity contribution in [2.45, 2.75) is 32.6 Å². The van der Waals surface area contributed by atoms with Gasteiger partial charge in [-0.1, -0.05) is 0 Å². The highest BCUT2D eigenvalue weighted by atomic mass is 16.6. The van der Waals surface area contributed by atoms with Crippen molar-refractivity contribution in [3.8, 4) is 5.75 Å². The van der Waals surface area contributed by atoms with Gasteiger partial charge in [0.05, 0.1) is 6.61 Å². The lowest BCUT2D eigenvalue weighted by Gasteiger charge is -2.17. The van der Waals surface area contributed by atoms with Gasteiger partial charge in [0.25, 0.3) is 5.91 Å². The standard InChI is InChI=1S/C24H26N2O5/c1-3-29-24(28)26(2)17-10-8-16(9-11-17)25-23(27)15-30-18-12-13-22-20(14-18)19-6-4-5-7-21(19)31-22/h8-14H,3-7,15H2,1-2H3,(H,25,27). The molecule has 4 rings (SSSR count). The summed E-state index contributed by atoms with van der Waals surface area (Å²) in [4.78, 5) is 25.5. The monoisotopic (exact) mass is 422 g/mol. The maximum Gasteiger partial charge on any atom is 0.413 e. The van der Waals surface area contributed by atoms with Crippen molar-refractivity contribution in [3.63, 3.8) is 0 Å². The van der Waals surface area contributed by atoms with E-state index in [9.17, 15) is 9.59 Å². The first-order valence-corrected chi connectivity index (χ1v) is 10.5. The van der Waals surface area contributed by atoms with E-state index in [1.807, 2.05) is 18.2 Å². The molecular formula is C24H26N2O5. The summed E-state index contributed by atoms with van der Waals surface area (Å²) in [7, 11) is 1.63. The molecule has 0 spiro atoms. The van der Waals surface area contributed by atoms with E-state index < -0.39 is 6.09 Å². The first kappa shape index (κ1) is 20.8. The highest BCUT2D eigenvalue weighted by molar-refractivity contribution is 5.93. The number of fused-ring (bicyclic) bond motifs is 3. The number of aryl methyl sites for hydroxylation is 2. The summed E-state index contributed by atoms with van der Waals surface area (Å²) in [5.74, 6) is 1.46. The van der Waals surface area contributed by atoms with Gasteiger partial charge < -0.3 is 19.2 Å². The predicted octanol–water partition coefficient (Wildman–Crippen LogP) is 4.92. The Balaban J connectivity index is 1.34. The minimum Gasteiger partial charge on any atom is -0.484 e. The Hall–Kier alpha value is -3.48. The van der Waals surface area contributed by atoms with Crippen LogP contribution in [0.15, 0.2) is 46.9 Å². The van der Waals surface area contributed by atoms with Crippen LogP contribution in [0.4, 0.5) is 16.2 Å². The molecule has 0 radical (unpaired) electrons. The second-order valence-corrected chi connectivity index (χ2v) is 7.51. The molecule has 0 bridgehead atoms. The van der Waals surface area contributed by atoms with Gasteiger partial charge in [0, 0.05) is 35.8 Å². The largest absolute Gasteiger partial charge is 0.484 e. The zero-order valence-corrected chi connectivity index (χ0v) is 17.8. The Bertz CT molecular complexity index is 1090. The Labute approximate surface area is 180 Å². The second-order valence-electron chi connectivity index (χ2n) is 7.51. The normalized spacial score (nSPS) is 12.8. The number of benzene rings is 2. The van der Waals surface area contributed by atoms with Crippen LogP contribution in [0.1, 0.15) is 31.1 Å². The van der Waals surface area contributed by atoms with Gasteiger partial charge in [-0.15, -0.1) is 0 Å². The molecule has 1 aromatic heterocycles. The average molecular weight is 422 g/mol. The quantitative estimate of drug-likeness (QED) is 0.610. The molecule has 7 nitrogen and oxygen atoms in total. The van der Waals surface area contributed by atoms with Crippen LogP contribution in [-0.4, -0.2) is 32.3 Å². The Morgan fingerprint density at radius 3 is 2.65 bits per heavy atom. The summed E-state index contributed by atoms with van der Waals surface area (Å²) >= 11 is 0. The molecule has 0 saturated heterocycles. The van der Waals surface area contributed by atoms with E-state index in [1.165, 1.54) is 16.9 Å². The summed E-state index contributed by atoms with van der Waals surface area (Å²) in [5, 5.41) is 3.88. The highest BCUT2D eigenvalue weighted by Crippen LogP contribution is 2.33. The molecule has 31 heavy (non-hydrogen) atoms. The average Bonchev–Trinajstić information content (AvgIpc) is 3.16. The first-order valence-electron chi connectivity index (χ1n) is 10.5. The molecule has 0 fully saturated rings. The van der Waals surface area contributed by atoms with Crippen molar-refractivity contribution >= 4 is 34.3 Å². The number of ether oxygens (including phenoxy) is 2. The summed E-state index contributed by atoms with van der Waals surface area (Å²) in [6, 6.07) is 12.6. The third-order valence-electron chi connectivity index (χ3n) is 5.38.